The van der Waals surface area contributed by atoms with E-state index >= 15 is 0 Å². The van der Waals surface area contributed by atoms with E-state index in [4.69, 9.17) is 9.47 Å². The Morgan fingerprint density at radius 1 is 1.11 bits per heavy atom. The molecule has 6 heteroatoms. The van der Waals surface area contributed by atoms with E-state index in [0.717, 1.165) is 12.2 Å². The predicted molar refractivity (Wildman–Crippen MR) is 61.5 cm³/mol. The summed E-state index contributed by atoms with van der Waals surface area (Å²) in [7, 11) is 0. The molecule has 1 aromatic rings. The van der Waals surface area contributed by atoms with E-state index in [1.807, 2.05) is 6.92 Å². The van der Waals surface area contributed by atoms with Gasteiger partial charge in [-0.05, 0) is 6.42 Å². The Balaban J connectivity index is 2.57. The SMILES string of the molecule is CCCc1c2c(c[nH]c1=O)OC(=O)/C=C\C(=O)O2. The average molecular weight is 249 g/mol. The maximum Gasteiger partial charge on any atom is 0.336 e. The van der Waals surface area contributed by atoms with Gasteiger partial charge in [-0.1, -0.05) is 13.3 Å². The molecule has 2 heterocycles. The van der Waals surface area contributed by atoms with Crippen LogP contribution in [0.4, 0.5) is 0 Å². The van der Waals surface area contributed by atoms with E-state index in [9.17, 15) is 14.4 Å². The molecule has 0 aromatic carbocycles. The standard InChI is InChI=1S/C12H11NO5/c1-2-3-7-11-8(6-13-12(7)16)17-9(14)4-5-10(15)18-11/h4-6H,2-3H2,1H3,(H,13,16)/b5-4-. The van der Waals surface area contributed by atoms with Crippen LogP contribution in [0.5, 0.6) is 11.5 Å². The highest BCUT2D eigenvalue weighted by atomic mass is 16.6. The van der Waals surface area contributed by atoms with Crippen LogP contribution < -0.4 is 15.0 Å². The summed E-state index contributed by atoms with van der Waals surface area (Å²) in [5.41, 5.74) is -0.0598. The van der Waals surface area contributed by atoms with Crippen LogP contribution >= 0.6 is 0 Å². The van der Waals surface area contributed by atoms with Crippen molar-refractivity contribution < 1.29 is 19.1 Å². The van der Waals surface area contributed by atoms with Gasteiger partial charge in [0.05, 0.1) is 11.8 Å². The summed E-state index contributed by atoms with van der Waals surface area (Å²) >= 11 is 0. The smallest absolute Gasteiger partial charge is 0.336 e. The summed E-state index contributed by atoms with van der Waals surface area (Å²) in [6.07, 6.45) is 4.26. The molecule has 18 heavy (non-hydrogen) atoms. The first-order valence-electron chi connectivity index (χ1n) is 5.48. The van der Waals surface area contributed by atoms with Crippen LogP contribution in [0.25, 0.3) is 0 Å². The molecule has 0 unspecified atom stereocenters. The molecule has 0 amide bonds. The van der Waals surface area contributed by atoms with Crippen molar-refractivity contribution in [1.29, 1.82) is 0 Å². The lowest BCUT2D eigenvalue weighted by Crippen LogP contribution is -2.20. The van der Waals surface area contributed by atoms with Crippen LogP contribution in [0.1, 0.15) is 18.9 Å². The quantitative estimate of drug-likeness (QED) is 0.780. The fourth-order valence-electron chi connectivity index (χ4n) is 1.61. The molecule has 1 aliphatic heterocycles. The number of pyridine rings is 1. The van der Waals surface area contributed by atoms with Gasteiger partial charge in [0, 0.05) is 12.2 Å². The van der Waals surface area contributed by atoms with E-state index < -0.39 is 11.9 Å². The molecule has 0 fully saturated rings. The van der Waals surface area contributed by atoms with E-state index in [2.05, 4.69) is 4.98 Å². The Bertz CT molecular complexity index is 585. The summed E-state index contributed by atoms with van der Waals surface area (Å²) in [4.78, 5) is 36.8. The van der Waals surface area contributed by atoms with Gasteiger partial charge in [0.15, 0.2) is 11.5 Å². The summed E-state index contributed by atoms with van der Waals surface area (Å²) in [6, 6.07) is 0. The number of aromatic amines is 1. The molecule has 94 valence electrons. The number of rotatable bonds is 2. The number of hydrogen-bond donors (Lipinski definition) is 1. The van der Waals surface area contributed by atoms with Crippen molar-refractivity contribution in [3.63, 3.8) is 0 Å². The zero-order valence-corrected chi connectivity index (χ0v) is 9.69. The number of fused-ring (bicyclic) bond motifs is 1. The molecule has 1 aliphatic rings. The zero-order valence-electron chi connectivity index (χ0n) is 9.69. The van der Waals surface area contributed by atoms with Crippen LogP contribution in [0.15, 0.2) is 23.1 Å². The molecule has 0 spiro atoms. The molecular formula is C12H11NO5. The molecule has 1 aromatic heterocycles. The molecule has 0 saturated carbocycles. The minimum absolute atomic E-state index is 0.0169. The minimum atomic E-state index is -0.712. The Kier molecular flexibility index (Phi) is 3.27. The van der Waals surface area contributed by atoms with Crippen LogP contribution in [0.2, 0.25) is 0 Å². The Labute approximate surface area is 102 Å². The third-order valence-electron chi connectivity index (χ3n) is 2.38. The van der Waals surface area contributed by atoms with Crippen molar-refractivity contribution in [2.75, 3.05) is 0 Å². The second-order valence-electron chi connectivity index (χ2n) is 3.72. The first-order chi connectivity index (χ1) is 8.61. The number of ether oxygens (including phenoxy) is 2. The van der Waals surface area contributed by atoms with Crippen molar-refractivity contribution >= 4 is 11.9 Å². The van der Waals surface area contributed by atoms with Gasteiger partial charge in [-0.2, -0.15) is 0 Å². The summed E-state index contributed by atoms with van der Waals surface area (Å²) < 4.78 is 9.98. The third kappa shape index (κ3) is 2.32. The van der Waals surface area contributed by atoms with Gasteiger partial charge in [0.1, 0.15) is 0 Å². The molecule has 6 nitrogen and oxygen atoms in total. The topological polar surface area (TPSA) is 85.5 Å². The maximum absolute atomic E-state index is 11.7. The monoisotopic (exact) mass is 249 g/mol. The molecule has 1 N–H and O–H groups in total. The molecule has 0 radical (unpaired) electrons. The maximum atomic E-state index is 11.7. The highest BCUT2D eigenvalue weighted by Crippen LogP contribution is 2.30. The summed E-state index contributed by atoms with van der Waals surface area (Å²) in [5, 5.41) is 0. The summed E-state index contributed by atoms with van der Waals surface area (Å²) in [6.45, 7) is 1.88. The number of aromatic nitrogens is 1. The van der Waals surface area contributed by atoms with Crippen LogP contribution in [-0.2, 0) is 16.0 Å². The average Bonchev–Trinajstić information content (AvgIpc) is 2.33. The van der Waals surface area contributed by atoms with Crippen molar-refractivity contribution in [3.8, 4) is 11.5 Å². The van der Waals surface area contributed by atoms with E-state index in [1.54, 1.807) is 0 Å². The lowest BCUT2D eigenvalue weighted by atomic mass is 10.1. The van der Waals surface area contributed by atoms with E-state index in [1.165, 1.54) is 6.20 Å². The Morgan fingerprint density at radius 3 is 2.44 bits per heavy atom. The van der Waals surface area contributed by atoms with E-state index in [0.29, 0.717) is 18.4 Å². The van der Waals surface area contributed by atoms with Crippen molar-refractivity contribution in [2.24, 2.45) is 0 Å². The van der Waals surface area contributed by atoms with Crippen molar-refractivity contribution in [3.05, 3.63) is 34.3 Å². The number of H-pyrrole nitrogens is 1. The van der Waals surface area contributed by atoms with E-state index in [-0.39, 0.29) is 17.1 Å². The fraction of sp³-hybridized carbons (Fsp3) is 0.250. The normalized spacial score (nSPS) is 16.1. The molecule has 0 bridgehead atoms. The number of hydrogen-bond acceptors (Lipinski definition) is 5. The number of carbonyl (C=O) groups is 2. The van der Waals surface area contributed by atoms with Gasteiger partial charge in [-0.25, -0.2) is 9.59 Å². The third-order valence-corrected chi connectivity index (χ3v) is 2.38. The van der Waals surface area contributed by atoms with Crippen molar-refractivity contribution in [2.45, 2.75) is 19.8 Å². The zero-order chi connectivity index (χ0) is 13.1. The second kappa shape index (κ2) is 4.87. The molecular weight excluding hydrogens is 238 g/mol. The van der Waals surface area contributed by atoms with Crippen LogP contribution in [-0.4, -0.2) is 16.9 Å². The first kappa shape index (κ1) is 12.1. The van der Waals surface area contributed by atoms with Gasteiger partial charge in [-0.15, -0.1) is 0 Å². The van der Waals surface area contributed by atoms with Gasteiger partial charge < -0.3 is 14.5 Å². The summed E-state index contributed by atoms with van der Waals surface area (Å²) in [5.74, 6) is -1.35. The largest absolute Gasteiger partial charge is 0.419 e. The number of nitrogens with one attached hydrogen (secondary N) is 1. The molecule has 2 rings (SSSR count). The van der Waals surface area contributed by atoms with Crippen LogP contribution in [0.3, 0.4) is 0 Å². The molecule has 0 atom stereocenters. The molecule has 0 aliphatic carbocycles. The predicted octanol–water partition coefficient (Wildman–Crippen LogP) is 0.708. The molecule has 0 saturated heterocycles. The minimum Gasteiger partial charge on any atom is -0.419 e. The van der Waals surface area contributed by atoms with Gasteiger partial charge >= 0.3 is 11.9 Å². The Hall–Kier alpha value is -2.37. The first-order valence-corrected chi connectivity index (χ1v) is 5.48. The lowest BCUT2D eigenvalue weighted by molar-refractivity contribution is -0.133. The Morgan fingerprint density at radius 2 is 1.78 bits per heavy atom. The lowest BCUT2D eigenvalue weighted by Gasteiger charge is -2.13. The number of esters is 2. The highest BCUT2D eigenvalue weighted by Gasteiger charge is 2.20. The highest BCUT2D eigenvalue weighted by molar-refractivity contribution is 5.95. The van der Waals surface area contributed by atoms with Crippen molar-refractivity contribution in [1.82, 2.24) is 4.98 Å². The van der Waals surface area contributed by atoms with Crippen LogP contribution in [0, 0.1) is 0 Å². The van der Waals surface area contributed by atoms with Gasteiger partial charge in [0.25, 0.3) is 5.56 Å². The van der Waals surface area contributed by atoms with Gasteiger partial charge in [-0.3, -0.25) is 4.79 Å². The number of carbonyl (C=O) groups excluding carboxylic acids is 2. The van der Waals surface area contributed by atoms with Gasteiger partial charge in [0.2, 0.25) is 0 Å². The second-order valence-corrected chi connectivity index (χ2v) is 3.72. The fourth-order valence-corrected chi connectivity index (χ4v) is 1.61.